The number of carbonyl (C=O) groups excluding carboxylic acids is 1. The molecule has 21 heavy (non-hydrogen) atoms. The van der Waals surface area contributed by atoms with Crippen LogP contribution in [-0.4, -0.2) is 42.0 Å². The summed E-state index contributed by atoms with van der Waals surface area (Å²) in [7, 11) is 1.94. The molecule has 1 aromatic rings. The van der Waals surface area contributed by atoms with Gasteiger partial charge in [0.2, 0.25) is 5.91 Å². The van der Waals surface area contributed by atoms with E-state index in [1.807, 2.05) is 7.05 Å². The number of nitrogens with zero attached hydrogens (tertiary/aromatic N) is 1. The average Bonchev–Trinajstić information content (AvgIpc) is 2.45. The molecular weight excluding hydrogens is 275 g/mol. The van der Waals surface area contributed by atoms with Crippen molar-refractivity contribution in [2.75, 3.05) is 20.1 Å². The summed E-state index contributed by atoms with van der Waals surface area (Å²) in [6, 6.07) is 3.98. The molecular formula is C15H19FN2O3. The molecule has 2 unspecified atom stereocenters. The summed E-state index contributed by atoms with van der Waals surface area (Å²) >= 11 is 0. The third-order valence-corrected chi connectivity index (χ3v) is 3.73. The zero-order valence-electron chi connectivity index (χ0n) is 11.9. The van der Waals surface area contributed by atoms with Crippen LogP contribution in [-0.2, 0) is 9.59 Å². The molecule has 114 valence electrons. The van der Waals surface area contributed by atoms with Gasteiger partial charge >= 0.3 is 5.97 Å². The van der Waals surface area contributed by atoms with Gasteiger partial charge in [-0.25, -0.2) is 9.18 Å². The molecule has 0 spiro atoms. The molecule has 2 rings (SSSR count). The van der Waals surface area contributed by atoms with Gasteiger partial charge in [-0.2, -0.15) is 0 Å². The van der Waals surface area contributed by atoms with Gasteiger partial charge in [-0.05, 0) is 44.1 Å². The first-order valence-electron chi connectivity index (χ1n) is 6.94. The fourth-order valence-corrected chi connectivity index (χ4v) is 2.58. The van der Waals surface area contributed by atoms with Crippen molar-refractivity contribution < 1.29 is 19.1 Å². The number of carbonyl (C=O) groups is 2. The molecule has 1 aliphatic heterocycles. The zero-order valence-corrected chi connectivity index (χ0v) is 11.9. The first-order chi connectivity index (χ1) is 9.97. The van der Waals surface area contributed by atoms with Crippen molar-refractivity contribution in [1.29, 1.82) is 0 Å². The maximum Gasteiger partial charge on any atom is 0.330 e. The lowest BCUT2D eigenvalue weighted by Gasteiger charge is -2.29. The molecule has 0 saturated carbocycles. The van der Waals surface area contributed by atoms with Crippen LogP contribution >= 0.6 is 0 Å². The van der Waals surface area contributed by atoms with Crippen LogP contribution in [0.4, 0.5) is 4.39 Å². The van der Waals surface area contributed by atoms with Gasteiger partial charge in [0.25, 0.3) is 0 Å². The van der Waals surface area contributed by atoms with Crippen LogP contribution in [0.25, 0.3) is 0 Å². The quantitative estimate of drug-likeness (QED) is 0.881. The SMILES string of the molecule is CN1CCCC(C(=O)NC(C(=O)O)c2ccc(F)cc2)C1. The summed E-state index contributed by atoms with van der Waals surface area (Å²) in [5, 5.41) is 11.8. The largest absolute Gasteiger partial charge is 0.479 e. The van der Waals surface area contributed by atoms with Crippen LogP contribution in [0.15, 0.2) is 24.3 Å². The summed E-state index contributed by atoms with van der Waals surface area (Å²) in [5.74, 6) is -2.06. The summed E-state index contributed by atoms with van der Waals surface area (Å²) in [6.07, 6.45) is 1.68. The highest BCUT2D eigenvalue weighted by Gasteiger charge is 2.28. The predicted octanol–water partition coefficient (Wildman–Crippen LogP) is 1.41. The third kappa shape index (κ3) is 4.01. The third-order valence-electron chi connectivity index (χ3n) is 3.73. The van der Waals surface area contributed by atoms with Crippen molar-refractivity contribution in [3.63, 3.8) is 0 Å². The normalized spacial score (nSPS) is 20.8. The molecule has 1 fully saturated rings. The number of piperidine rings is 1. The van der Waals surface area contributed by atoms with Gasteiger partial charge in [0.05, 0.1) is 5.92 Å². The van der Waals surface area contributed by atoms with E-state index in [0.717, 1.165) is 19.4 Å². The molecule has 1 amide bonds. The number of halogens is 1. The second-order valence-corrected chi connectivity index (χ2v) is 5.43. The second-order valence-electron chi connectivity index (χ2n) is 5.43. The lowest BCUT2D eigenvalue weighted by molar-refractivity contribution is -0.143. The molecule has 1 saturated heterocycles. The zero-order chi connectivity index (χ0) is 15.4. The Morgan fingerprint density at radius 3 is 2.62 bits per heavy atom. The Morgan fingerprint density at radius 2 is 2.05 bits per heavy atom. The molecule has 0 radical (unpaired) electrons. The number of aliphatic carboxylic acids is 1. The number of carboxylic acids is 1. The van der Waals surface area contributed by atoms with E-state index in [4.69, 9.17) is 0 Å². The van der Waals surface area contributed by atoms with Gasteiger partial charge in [0.15, 0.2) is 6.04 Å². The van der Waals surface area contributed by atoms with Crippen LogP contribution in [0.2, 0.25) is 0 Å². The van der Waals surface area contributed by atoms with Crippen LogP contribution < -0.4 is 5.32 Å². The predicted molar refractivity (Wildman–Crippen MR) is 75.1 cm³/mol. The molecule has 1 aliphatic rings. The topological polar surface area (TPSA) is 69.6 Å². The Labute approximate surface area is 122 Å². The molecule has 1 aromatic carbocycles. The summed E-state index contributed by atoms with van der Waals surface area (Å²) < 4.78 is 12.9. The molecule has 2 N–H and O–H groups in total. The Morgan fingerprint density at radius 1 is 1.38 bits per heavy atom. The van der Waals surface area contributed by atoms with Gasteiger partial charge < -0.3 is 15.3 Å². The molecule has 1 heterocycles. The number of nitrogens with one attached hydrogen (secondary N) is 1. The van der Waals surface area contributed by atoms with Gasteiger partial charge in [0, 0.05) is 6.54 Å². The first kappa shape index (κ1) is 15.4. The highest BCUT2D eigenvalue weighted by Crippen LogP contribution is 2.19. The van der Waals surface area contributed by atoms with E-state index in [1.54, 1.807) is 0 Å². The Bertz CT molecular complexity index is 518. The van der Waals surface area contributed by atoms with Crippen molar-refractivity contribution in [2.45, 2.75) is 18.9 Å². The monoisotopic (exact) mass is 294 g/mol. The number of carboxylic acid groups (broad SMARTS) is 1. The minimum Gasteiger partial charge on any atom is -0.479 e. The van der Waals surface area contributed by atoms with Crippen molar-refractivity contribution in [3.8, 4) is 0 Å². The molecule has 5 nitrogen and oxygen atoms in total. The molecule has 0 aromatic heterocycles. The molecule has 0 aliphatic carbocycles. The van der Waals surface area contributed by atoms with Crippen LogP contribution in [0.5, 0.6) is 0 Å². The van der Waals surface area contributed by atoms with E-state index in [-0.39, 0.29) is 11.8 Å². The van der Waals surface area contributed by atoms with E-state index < -0.39 is 17.8 Å². The minimum atomic E-state index is -1.15. The number of benzene rings is 1. The van der Waals surface area contributed by atoms with Crippen LogP contribution in [0, 0.1) is 11.7 Å². The van der Waals surface area contributed by atoms with Crippen LogP contribution in [0.1, 0.15) is 24.4 Å². The Hall–Kier alpha value is -1.95. The summed E-state index contributed by atoms with van der Waals surface area (Å²) in [5.41, 5.74) is 0.362. The van der Waals surface area contributed by atoms with Gasteiger partial charge in [-0.15, -0.1) is 0 Å². The fraction of sp³-hybridized carbons (Fsp3) is 0.467. The van der Waals surface area contributed by atoms with E-state index in [9.17, 15) is 19.1 Å². The maximum absolute atomic E-state index is 12.9. The minimum absolute atomic E-state index is 0.203. The molecule has 2 atom stereocenters. The first-order valence-corrected chi connectivity index (χ1v) is 6.94. The highest BCUT2D eigenvalue weighted by molar-refractivity contribution is 5.86. The summed E-state index contributed by atoms with van der Waals surface area (Å²) in [4.78, 5) is 25.6. The van der Waals surface area contributed by atoms with Crippen molar-refractivity contribution in [2.24, 2.45) is 5.92 Å². The number of likely N-dealkylation sites (tertiary alicyclic amines) is 1. The van der Waals surface area contributed by atoms with E-state index in [2.05, 4.69) is 10.2 Å². The number of amides is 1. The van der Waals surface area contributed by atoms with E-state index in [0.29, 0.717) is 12.1 Å². The van der Waals surface area contributed by atoms with Crippen molar-refractivity contribution in [3.05, 3.63) is 35.6 Å². The summed E-state index contributed by atoms with van der Waals surface area (Å²) in [6.45, 7) is 1.58. The highest BCUT2D eigenvalue weighted by atomic mass is 19.1. The number of hydrogen-bond acceptors (Lipinski definition) is 3. The average molecular weight is 294 g/mol. The number of rotatable bonds is 4. The maximum atomic E-state index is 12.9. The number of hydrogen-bond donors (Lipinski definition) is 2. The Kier molecular flexibility index (Phi) is 4.90. The van der Waals surface area contributed by atoms with Crippen molar-refractivity contribution in [1.82, 2.24) is 10.2 Å². The Balaban J connectivity index is 2.07. The van der Waals surface area contributed by atoms with Crippen LogP contribution in [0.3, 0.4) is 0 Å². The van der Waals surface area contributed by atoms with Crippen molar-refractivity contribution >= 4 is 11.9 Å². The smallest absolute Gasteiger partial charge is 0.330 e. The standard InChI is InChI=1S/C15H19FN2O3/c1-18-8-2-3-11(9-18)14(19)17-13(15(20)21)10-4-6-12(16)7-5-10/h4-7,11,13H,2-3,8-9H2,1H3,(H,17,19)(H,20,21). The fourth-order valence-electron chi connectivity index (χ4n) is 2.58. The van der Waals surface area contributed by atoms with Gasteiger partial charge in [-0.1, -0.05) is 12.1 Å². The molecule has 6 heteroatoms. The lowest BCUT2D eigenvalue weighted by Crippen LogP contribution is -2.44. The van der Waals surface area contributed by atoms with Gasteiger partial charge in [0.1, 0.15) is 5.82 Å². The lowest BCUT2D eigenvalue weighted by atomic mass is 9.96. The van der Waals surface area contributed by atoms with E-state index in [1.165, 1.54) is 24.3 Å². The van der Waals surface area contributed by atoms with E-state index >= 15 is 0 Å². The second kappa shape index (κ2) is 6.67. The van der Waals surface area contributed by atoms with Gasteiger partial charge in [-0.3, -0.25) is 4.79 Å². The molecule has 0 bridgehead atoms.